The normalized spacial score (nSPS) is 14.2. The highest BCUT2D eigenvalue weighted by Crippen LogP contribution is 2.45. The summed E-state index contributed by atoms with van der Waals surface area (Å²) in [4.78, 5) is 60.9. The molecule has 0 bridgehead atoms. The molecule has 0 saturated carbocycles. The summed E-state index contributed by atoms with van der Waals surface area (Å²) in [6.45, 7) is 10.9. The fraction of sp³-hybridized carbons (Fsp3) is 0.364. The molecule has 3 rings (SSSR count). The lowest BCUT2D eigenvalue weighted by atomic mass is 9.90. The Balaban J connectivity index is 2.15. The zero-order chi connectivity index (χ0) is 31.8. The number of fused-ring (bicyclic) bond motifs is 1. The first-order valence-electron chi connectivity index (χ1n) is 13.8. The lowest BCUT2D eigenvalue weighted by molar-refractivity contribution is -0.134. The monoisotopic (exact) mass is 592 g/mol. The second-order valence-electron chi connectivity index (χ2n) is 10.4. The molecule has 228 valence electrons. The van der Waals surface area contributed by atoms with Crippen molar-refractivity contribution in [1.82, 2.24) is 0 Å². The first-order valence-corrected chi connectivity index (χ1v) is 13.8. The van der Waals surface area contributed by atoms with Crippen LogP contribution in [0.1, 0.15) is 95.3 Å². The number of esters is 4. The van der Waals surface area contributed by atoms with Crippen LogP contribution in [0.2, 0.25) is 0 Å². The SMILES string of the molecule is CC(=O)Oc1cc(OC(C)=O)c2c(c1)OC(c1ccc(OC(C)=O)c(OC(C)=O)c1C/C=C(\C)CCC=C(C)C)CC2=O. The third-order valence-corrected chi connectivity index (χ3v) is 6.33. The molecule has 10 nitrogen and oxygen atoms in total. The third-order valence-electron chi connectivity index (χ3n) is 6.33. The fourth-order valence-electron chi connectivity index (χ4n) is 4.62. The summed E-state index contributed by atoms with van der Waals surface area (Å²) in [7, 11) is 0. The summed E-state index contributed by atoms with van der Waals surface area (Å²) in [5.74, 6) is -2.82. The van der Waals surface area contributed by atoms with Gasteiger partial charge in [0.1, 0.15) is 28.9 Å². The van der Waals surface area contributed by atoms with Crippen molar-refractivity contribution in [1.29, 1.82) is 0 Å². The number of ketones is 1. The second kappa shape index (κ2) is 14.4. The Morgan fingerprint density at radius 1 is 0.814 bits per heavy atom. The molecule has 1 aliphatic rings. The predicted molar refractivity (Wildman–Crippen MR) is 157 cm³/mol. The molecule has 2 aromatic carbocycles. The Bertz CT molecular complexity index is 1510. The highest BCUT2D eigenvalue weighted by Gasteiger charge is 2.34. The van der Waals surface area contributed by atoms with Crippen LogP contribution in [-0.4, -0.2) is 29.7 Å². The molecule has 0 N–H and O–H groups in total. The van der Waals surface area contributed by atoms with Crippen LogP contribution in [0.15, 0.2) is 47.6 Å². The maximum Gasteiger partial charge on any atom is 0.308 e. The lowest BCUT2D eigenvalue weighted by Gasteiger charge is -2.29. The zero-order valence-corrected chi connectivity index (χ0v) is 25.5. The van der Waals surface area contributed by atoms with E-state index in [-0.39, 0.29) is 52.9 Å². The Morgan fingerprint density at radius 2 is 1.44 bits per heavy atom. The number of allylic oxidation sites excluding steroid dienone is 4. The standard InChI is InChI=1S/C33H36O10/c1-18(2)9-8-10-19(3)11-12-26-25(13-14-28(40-21(5)35)33(26)42-23(7)37)29-17-27(38)32-30(41-22(6)36)15-24(39-20(4)34)16-31(32)43-29/h9,11,13-16,29H,8,10,12,17H2,1-7H3/b19-11+. The van der Waals surface area contributed by atoms with Gasteiger partial charge in [-0.1, -0.05) is 29.4 Å². The molecule has 0 amide bonds. The average Bonchev–Trinajstić information content (AvgIpc) is 2.86. The summed E-state index contributed by atoms with van der Waals surface area (Å²) in [5, 5.41) is 0. The quantitative estimate of drug-likeness (QED) is 0.175. The molecule has 0 fully saturated rings. The van der Waals surface area contributed by atoms with Crippen LogP contribution < -0.4 is 23.7 Å². The van der Waals surface area contributed by atoms with Crippen LogP contribution in [0.5, 0.6) is 28.7 Å². The van der Waals surface area contributed by atoms with Gasteiger partial charge in [-0.2, -0.15) is 0 Å². The van der Waals surface area contributed by atoms with Gasteiger partial charge in [-0.25, -0.2) is 0 Å². The van der Waals surface area contributed by atoms with Crippen molar-refractivity contribution >= 4 is 29.7 Å². The minimum atomic E-state index is -0.868. The van der Waals surface area contributed by atoms with Gasteiger partial charge in [0.2, 0.25) is 0 Å². The van der Waals surface area contributed by atoms with Crippen LogP contribution in [0.25, 0.3) is 0 Å². The number of ether oxygens (including phenoxy) is 5. The molecule has 10 heteroatoms. The van der Waals surface area contributed by atoms with Gasteiger partial charge in [0, 0.05) is 51.0 Å². The Kier molecular flexibility index (Phi) is 11.0. The van der Waals surface area contributed by atoms with Gasteiger partial charge in [0.15, 0.2) is 17.3 Å². The number of Topliss-reactive ketones (excluding diaryl/α,β-unsaturated/α-hetero) is 1. The molecule has 2 aromatic rings. The number of rotatable bonds is 10. The maximum absolute atomic E-state index is 13.5. The predicted octanol–water partition coefficient (Wildman–Crippen LogP) is 6.33. The van der Waals surface area contributed by atoms with E-state index in [9.17, 15) is 24.0 Å². The van der Waals surface area contributed by atoms with Crippen molar-refractivity contribution in [3.63, 3.8) is 0 Å². The van der Waals surface area contributed by atoms with E-state index in [1.807, 2.05) is 26.8 Å². The van der Waals surface area contributed by atoms with Gasteiger partial charge in [-0.3, -0.25) is 24.0 Å². The van der Waals surface area contributed by atoms with Gasteiger partial charge in [0.25, 0.3) is 0 Å². The van der Waals surface area contributed by atoms with E-state index in [4.69, 9.17) is 23.7 Å². The number of carbonyl (C=O) groups excluding carboxylic acids is 5. The smallest absolute Gasteiger partial charge is 0.308 e. The van der Waals surface area contributed by atoms with Gasteiger partial charge in [-0.15, -0.1) is 0 Å². The molecule has 0 aliphatic carbocycles. The maximum atomic E-state index is 13.5. The molecule has 43 heavy (non-hydrogen) atoms. The van der Waals surface area contributed by atoms with Crippen LogP contribution in [0.4, 0.5) is 0 Å². The van der Waals surface area contributed by atoms with E-state index in [1.54, 1.807) is 6.07 Å². The highest BCUT2D eigenvalue weighted by molar-refractivity contribution is 6.03. The van der Waals surface area contributed by atoms with Gasteiger partial charge in [0.05, 0.1) is 6.42 Å². The van der Waals surface area contributed by atoms with E-state index >= 15 is 0 Å². The molecule has 1 atom stereocenters. The summed E-state index contributed by atoms with van der Waals surface area (Å²) < 4.78 is 27.6. The van der Waals surface area contributed by atoms with Gasteiger partial charge in [-0.05, 0) is 46.1 Å². The van der Waals surface area contributed by atoms with E-state index < -0.39 is 30.0 Å². The summed E-state index contributed by atoms with van der Waals surface area (Å²) in [6.07, 6.45) is 5.05. The summed E-state index contributed by atoms with van der Waals surface area (Å²) in [6, 6.07) is 5.79. The minimum absolute atomic E-state index is 0.0249. The zero-order valence-electron chi connectivity index (χ0n) is 25.5. The van der Waals surface area contributed by atoms with Crippen molar-refractivity contribution in [2.75, 3.05) is 0 Å². The first kappa shape index (κ1) is 32.8. The van der Waals surface area contributed by atoms with Crippen molar-refractivity contribution < 1.29 is 47.7 Å². The van der Waals surface area contributed by atoms with Crippen LogP contribution in [0.3, 0.4) is 0 Å². The van der Waals surface area contributed by atoms with Crippen LogP contribution >= 0.6 is 0 Å². The average molecular weight is 593 g/mol. The summed E-state index contributed by atoms with van der Waals surface area (Å²) in [5.41, 5.74) is 3.35. The fourth-order valence-corrected chi connectivity index (χ4v) is 4.62. The van der Waals surface area contributed by atoms with Gasteiger partial charge < -0.3 is 23.7 Å². The molecule has 0 spiro atoms. The van der Waals surface area contributed by atoms with Crippen LogP contribution in [0, 0.1) is 0 Å². The molecule has 1 heterocycles. The van der Waals surface area contributed by atoms with Crippen molar-refractivity contribution in [3.05, 3.63) is 64.3 Å². The molecule has 1 unspecified atom stereocenters. The molecule has 1 aliphatic heterocycles. The van der Waals surface area contributed by atoms with Crippen molar-refractivity contribution in [3.8, 4) is 28.7 Å². The third kappa shape index (κ3) is 9.13. The molecular formula is C33H36O10. The lowest BCUT2D eigenvalue weighted by Crippen LogP contribution is -2.23. The Labute approximate surface area is 250 Å². The summed E-state index contributed by atoms with van der Waals surface area (Å²) >= 11 is 0. The van der Waals surface area contributed by atoms with E-state index in [2.05, 4.69) is 6.08 Å². The Hall–Kier alpha value is -4.73. The minimum Gasteiger partial charge on any atom is -0.484 e. The molecule has 0 radical (unpaired) electrons. The molecule has 0 aromatic heterocycles. The largest absolute Gasteiger partial charge is 0.484 e. The van der Waals surface area contributed by atoms with Crippen molar-refractivity contribution in [2.24, 2.45) is 0 Å². The topological polar surface area (TPSA) is 132 Å². The Morgan fingerprint density at radius 3 is 2.05 bits per heavy atom. The molecule has 0 saturated heterocycles. The number of hydrogen-bond acceptors (Lipinski definition) is 10. The highest BCUT2D eigenvalue weighted by atomic mass is 16.6. The number of carbonyl (C=O) groups is 5. The van der Waals surface area contributed by atoms with E-state index in [0.717, 1.165) is 18.4 Å². The number of hydrogen-bond donors (Lipinski definition) is 0. The first-order chi connectivity index (χ1) is 20.2. The van der Waals surface area contributed by atoms with Crippen molar-refractivity contribution in [2.45, 2.75) is 80.3 Å². The van der Waals surface area contributed by atoms with E-state index in [0.29, 0.717) is 11.1 Å². The second-order valence-corrected chi connectivity index (χ2v) is 10.4. The number of benzene rings is 2. The van der Waals surface area contributed by atoms with Crippen LogP contribution in [-0.2, 0) is 25.6 Å². The van der Waals surface area contributed by atoms with Gasteiger partial charge >= 0.3 is 23.9 Å². The molecular weight excluding hydrogens is 556 g/mol. The van der Waals surface area contributed by atoms with E-state index in [1.165, 1.54) is 51.5 Å².